The molecule has 0 bridgehead atoms. The summed E-state index contributed by atoms with van der Waals surface area (Å²) >= 11 is 0. The number of hydrogen-bond acceptors (Lipinski definition) is 2. The predicted molar refractivity (Wildman–Crippen MR) is 143 cm³/mol. The molecule has 3 aromatic rings. The van der Waals surface area contributed by atoms with Crippen LogP contribution in [0.25, 0.3) is 11.1 Å². The molecule has 0 atom stereocenters. The molecule has 204 valence electrons. The molecule has 3 aromatic carbocycles. The molecular weight excluding hydrogens is 492 g/mol. The van der Waals surface area contributed by atoms with Gasteiger partial charge in [-0.1, -0.05) is 82.6 Å². The average Bonchev–Trinajstić information content (AvgIpc) is 2.92. The van der Waals surface area contributed by atoms with Crippen LogP contribution in [0.1, 0.15) is 70.3 Å². The molecule has 2 nitrogen and oxygen atoms in total. The van der Waals surface area contributed by atoms with Crippen molar-refractivity contribution in [1.82, 2.24) is 0 Å². The van der Waals surface area contributed by atoms with Crippen LogP contribution >= 0.6 is 0 Å². The first-order valence-electron chi connectivity index (χ1n) is 13.7. The van der Waals surface area contributed by atoms with E-state index in [9.17, 15) is 17.6 Å². The molecule has 0 heterocycles. The van der Waals surface area contributed by atoms with Crippen LogP contribution in [0.5, 0.6) is 17.2 Å². The van der Waals surface area contributed by atoms with E-state index in [1.165, 1.54) is 93.7 Å². The van der Waals surface area contributed by atoms with Gasteiger partial charge in [-0.15, -0.1) is 0 Å². The monoisotopic (exact) mass is 528 g/mol. The zero-order chi connectivity index (χ0) is 26.9. The van der Waals surface area contributed by atoms with Crippen molar-refractivity contribution in [2.75, 3.05) is 0 Å². The van der Waals surface area contributed by atoms with Crippen molar-refractivity contribution < 1.29 is 27.0 Å². The van der Waals surface area contributed by atoms with Crippen LogP contribution in [0, 0.1) is 23.5 Å². The fourth-order valence-electron chi connectivity index (χ4n) is 5.38. The van der Waals surface area contributed by atoms with Gasteiger partial charge in [0.15, 0.2) is 11.6 Å². The Bertz CT molecular complexity index is 1140. The maximum absolute atomic E-state index is 14.8. The largest absolute Gasteiger partial charge is 0.454 e. The Labute approximate surface area is 223 Å². The second kappa shape index (κ2) is 13.7. The Balaban J connectivity index is 1.38. The van der Waals surface area contributed by atoms with Crippen LogP contribution in [-0.4, -0.2) is 6.61 Å². The number of alkyl halides is 2. The molecule has 6 heteroatoms. The number of unbranched alkanes of at least 4 members (excludes halogenated alkanes) is 2. The highest BCUT2D eigenvalue weighted by Crippen LogP contribution is 2.38. The van der Waals surface area contributed by atoms with Crippen molar-refractivity contribution in [3.8, 4) is 28.4 Å². The maximum Gasteiger partial charge on any atom is 0.387 e. The summed E-state index contributed by atoms with van der Waals surface area (Å²) in [5, 5.41) is 0. The van der Waals surface area contributed by atoms with Gasteiger partial charge in [-0.25, -0.2) is 4.39 Å². The smallest absolute Gasteiger partial charge is 0.387 e. The molecule has 0 N–H and O–H groups in total. The number of halogens is 4. The van der Waals surface area contributed by atoms with E-state index in [1.807, 2.05) is 24.3 Å². The Morgan fingerprint density at radius 1 is 0.763 bits per heavy atom. The maximum atomic E-state index is 14.8. The van der Waals surface area contributed by atoms with Gasteiger partial charge in [-0.3, -0.25) is 0 Å². The van der Waals surface area contributed by atoms with E-state index < -0.39 is 18.2 Å². The molecule has 0 saturated heterocycles. The number of benzene rings is 3. The van der Waals surface area contributed by atoms with E-state index in [2.05, 4.69) is 11.7 Å². The van der Waals surface area contributed by atoms with Gasteiger partial charge in [0.05, 0.1) is 0 Å². The lowest BCUT2D eigenvalue weighted by molar-refractivity contribution is -0.0498. The Morgan fingerprint density at radius 2 is 1.39 bits per heavy atom. The lowest BCUT2D eigenvalue weighted by Gasteiger charge is -2.28. The number of ether oxygens (including phenoxy) is 2. The second-order valence-electron chi connectivity index (χ2n) is 10.3. The first-order chi connectivity index (χ1) is 18.4. The third kappa shape index (κ3) is 7.75. The SMILES string of the molecule is CCCCCC1CCC(CCc2ccc(-c3ccc(F)c(F)c3Oc3ccc(OC(F)F)cc3)cc2)CC1. The molecule has 1 aliphatic carbocycles. The lowest BCUT2D eigenvalue weighted by atomic mass is 9.78. The van der Waals surface area contributed by atoms with Gasteiger partial charge in [0.1, 0.15) is 11.5 Å². The van der Waals surface area contributed by atoms with Crippen molar-refractivity contribution in [3.63, 3.8) is 0 Å². The highest BCUT2D eigenvalue weighted by Gasteiger charge is 2.21. The third-order valence-electron chi connectivity index (χ3n) is 7.61. The number of rotatable bonds is 12. The molecule has 1 aliphatic rings. The van der Waals surface area contributed by atoms with E-state index >= 15 is 0 Å². The van der Waals surface area contributed by atoms with E-state index in [0.717, 1.165) is 24.3 Å². The summed E-state index contributed by atoms with van der Waals surface area (Å²) in [6, 6.07) is 15.7. The van der Waals surface area contributed by atoms with Gasteiger partial charge in [-0.05, 0) is 72.2 Å². The minimum atomic E-state index is -2.95. The quantitative estimate of drug-likeness (QED) is 0.172. The van der Waals surface area contributed by atoms with E-state index in [-0.39, 0.29) is 17.2 Å². The van der Waals surface area contributed by atoms with E-state index in [0.29, 0.717) is 11.1 Å². The second-order valence-corrected chi connectivity index (χ2v) is 10.3. The minimum absolute atomic E-state index is 0.0529. The molecule has 0 aliphatic heterocycles. The molecule has 0 unspecified atom stereocenters. The molecule has 38 heavy (non-hydrogen) atoms. The first kappa shape index (κ1) is 28.0. The number of aryl methyl sites for hydroxylation is 1. The third-order valence-corrected chi connectivity index (χ3v) is 7.61. The van der Waals surface area contributed by atoms with Crippen LogP contribution in [0.4, 0.5) is 17.6 Å². The van der Waals surface area contributed by atoms with Crippen molar-refractivity contribution >= 4 is 0 Å². The lowest BCUT2D eigenvalue weighted by Crippen LogP contribution is -2.15. The number of hydrogen-bond donors (Lipinski definition) is 0. The van der Waals surface area contributed by atoms with Gasteiger partial charge in [0.2, 0.25) is 5.82 Å². The molecule has 1 saturated carbocycles. The molecule has 0 spiro atoms. The molecule has 0 amide bonds. The normalized spacial score (nSPS) is 17.5. The fourth-order valence-corrected chi connectivity index (χ4v) is 5.38. The highest BCUT2D eigenvalue weighted by atomic mass is 19.3. The topological polar surface area (TPSA) is 18.5 Å². The summed E-state index contributed by atoms with van der Waals surface area (Å²) in [5.41, 5.74) is 2.33. The summed E-state index contributed by atoms with van der Waals surface area (Å²) < 4.78 is 63.6. The van der Waals surface area contributed by atoms with Crippen molar-refractivity contribution in [2.45, 2.75) is 77.7 Å². The van der Waals surface area contributed by atoms with Crippen LogP contribution in [0.15, 0.2) is 60.7 Å². The highest BCUT2D eigenvalue weighted by molar-refractivity contribution is 5.71. The van der Waals surface area contributed by atoms with Crippen LogP contribution in [0.3, 0.4) is 0 Å². The van der Waals surface area contributed by atoms with Gasteiger partial charge in [-0.2, -0.15) is 13.2 Å². The Hall–Kier alpha value is -3.02. The average molecular weight is 529 g/mol. The molecule has 4 rings (SSSR count). The fraction of sp³-hybridized carbons (Fsp3) is 0.438. The van der Waals surface area contributed by atoms with Crippen LogP contribution < -0.4 is 9.47 Å². The van der Waals surface area contributed by atoms with E-state index in [1.54, 1.807) is 0 Å². The first-order valence-corrected chi connectivity index (χ1v) is 13.7. The summed E-state index contributed by atoms with van der Waals surface area (Å²) in [5.74, 6) is -0.579. The Kier molecular flexibility index (Phi) is 10.1. The molecule has 0 aromatic heterocycles. The molecular formula is C32H36F4O2. The standard InChI is InChI=1S/C32H36F4O2/c1-2-3-4-5-22-6-8-23(9-7-22)10-11-24-12-14-25(15-13-24)28-20-21-29(33)30(34)31(28)37-26-16-18-27(19-17-26)38-32(35)36/h12-23,32H,2-11H2,1H3. The van der Waals surface area contributed by atoms with Crippen molar-refractivity contribution in [2.24, 2.45) is 11.8 Å². The van der Waals surface area contributed by atoms with Crippen molar-refractivity contribution in [3.05, 3.63) is 77.9 Å². The van der Waals surface area contributed by atoms with Gasteiger partial charge in [0.25, 0.3) is 0 Å². The van der Waals surface area contributed by atoms with Crippen LogP contribution in [-0.2, 0) is 6.42 Å². The zero-order valence-electron chi connectivity index (χ0n) is 21.9. The predicted octanol–water partition coefficient (Wildman–Crippen LogP) is 10.3. The summed E-state index contributed by atoms with van der Waals surface area (Å²) in [6.07, 6.45) is 12.9. The van der Waals surface area contributed by atoms with Crippen molar-refractivity contribution in [1.29, 1.82) is 0 Å². The molecule has 0 radical (unpaired) electrons. The Morgan fingerprint density at radius 3 is 2.03 bits per heavy atom. The summed E-state index contributed by atoms with van der Waals surface area (Å²) in [7, 11) is 0. The van der Waals surface area contributed by atoms with E-state index in [4.69, 9.17) is 4.74 Å². The summed E-state index contributed by atoms with van der Waals surface area (Å²) in [4.78, 5) is 0. The zero-order valence-corrected chi connectivity index (χ0v) is 21.9. The minimum Gasteiger partial charge on any atom is -0.454 e. The van der Waals surface area contributed by atoms with Gasteiger partial charge in [0, 0.05) is 5.56 Å². The van der Waals surface area contributed by atoms with Gasteiger partial charge < -0.3 is 9.47 Å². The van der Waals surface area contributed by atoms with Crippen LogP contribution in [0.2, 0.25) is 0 Å². The summed E-state index contributed by atoms with van der Waals surface area (Å²) in [6.45, 7) is -0.695. The van der Waals surface area contributed by atoms with Gasteiger partial charge >= 0.3 is 6.61 Å². The molecule has 1 fully saturated rings.